The predicted octanol–water partition coefficient (Wildman–Crippen LogP) is 5.62. The first-order valence-corrected chi connectivity index (χ1v) is 11.7. The Morgan fingerprint density at radius 1 is 1.12 bits per heavy atom. The van der Waals surface area contributed by atoms with Gasteiger partial charge in [-0.15, -0.1) is 0 Å². The maximum atomic E-state index is 12.3. The van der Waals surface area contributed by atoms with E-state index in [1.807, 2.05) is 24.3 Å². The van der Waals surface area contributed by atoms with Crippen LogP contribution in [0.2, 0.25) is 5.02 Å². The van der Waals surface area contributed by atoms with E-state index >= 15 is 0 Å². The zero-order valence-electron chi connectivity index (χ0n) is 18.5. The summed E-state index contributed by atoms with van der Waals surface area (Å²) in [6.45, 7) is 5.04. The minimum atomic E-state index is -0.0116. The molecule has 0 aliphatic carbocycles. The lowest BCUT2D eigenvalue weighted by atomic mass is 10.0. The van der Waals surface area contributed by atoms with Gasteiger partial charge in [0.2, 0.25) is 5.91 Å². The molecule has 4 rings (SSSR count). The number of halogens is 1. The zero-order chi connectivity index (χ0) is 22.3. The number of nitrogens with zero attached hydrogens (tertiary/aromatic N) is 2. The van der Waals surface area contributed by atoms with E-state index in [0.717, 1.165) is 17.7 Å². The molecule has 0 spiro atoms. The van der Waals surface area contributed by atoms with Gasteiger partial charge in [-0.25, -0.2) is 4.98 Å². The SMILES string of the molecule is CC1CCCCN1Cc1ccc(CNC(=O)CCc2ncc(-c3ccc(Cl)cc3)o2)cc1. The average molecular weight is 452 g/mol. The molecule has 5 nitrogen and oxygen atoms in total. The van der Waals surface area contributed by atoms with Crippen LogP contribution in [0.4, 0.5) is 0 Å². The van der Waals surface area contributed by atoms with Gasteiger partial charge in [0.05, 0.1) is 6.20 Å². The molecule has 0 bridgehead atoms. The van der Waals surface area contributed by atoms with Crippen LogP contribution in [-0.2, 0) is 24.3 Å². The molecule has 32 heavy (non-hydrogen) atoms. The summed E-state index contributed by atoms with van der Waals surface area (Å²) in [5.74, 6) is 1.22. The van der Waals surface area contributed by atoms with Crippen LogP contribution in [0, 0.1) is 0 Å². The Morgan fingerprint density at radius 2 is 1.88 bits per heavy atom. The van der Waals surface area contributed by atoms with Crippen molar-refractivity contribution in [1.29, 1.82) is 0 Å². The largest absolute Gasteiger partial charge is 0.441 e. The number of piperidine rings is 1. The van der Waals surface area contributed by atoms with Crippen molar-refractivity contribution in [3.8, 4) is 11.3 Å². The third kappa shape index (κ3) is 6.21. The van der Waals surface area contributed by atoms with E-state index in [1.165, 1.54) is 31.4 Å². The number of rotatable bonds is 8. The Balaban J connectivity index is 1.21. The second-order valence-corrected chi connectivity index (χ2v) is 8.97. The minimum Gasteiger partial charge on any atom is -0.441 e. The molecule has 168 valence electrons. The predicted molar refractivity (Wildman–Crippen MR) is 127 cm³/mol. The molecule has 1 atom stereocenters. The minimum absolute atomic E-state index is 0.0116. The van der Waals surface area contributed by atoms with Gasteiger partial charge in [-0.3, -0.25) is 9.69 Å². The first-order chi connectivity index (χ1) is 15.6. The van der Waals surface area contributed by atoms with E-state index in [0.29, 0.717) is 42.1 Å². The quantitative estimate of drug-likeness (QED) is 0.483. The maximum Gasteiger partial charge on any atom is 0.220 e. The van der Waals surface area contributed by atoms with Crippen LogP contribution in [0.25, 0.3) is 11.3 Å². The molecule has 1 aliphatic rings. The number of nitrogens with one attached hydrogen (secondary N) is 1. The number of hydrogen-bond acceptors (Lipinski definition) is 4. The third-order valence-electron chi connectivity index (χ3n) is 6.09. The fourth-order valence-electron chi connectivity index (χ4n) is 4.07. The number of aromatic nitrogens is 1. The molecule has 2 heterocycles. The number of amides is 1. The molecule has 1 saturated heterocycles. The topological polar surface area (TPSA) is 58.4 Å². The van der Waals surface area contributed by atoms with E-state index in [-0.39, 0.29) is 5.91 Å². The third-order valence-corrected chi connectivity index (χ3v) is 6.34. The Bertz CT molecular complexity index is 1010. The smallest absolute Gasteiger partial charge is 0.220 e. The summed E-state index contributed by atoms with van der Waals surface area (Å²) in [5, 5.41) is 3.67. The number of carbonyl (C=O) groups excluding carboxylic acids is 1. The summed E-state index contributed by atoms with van der Waals surface area (Å²) in [4.78, 5) is 19.1. The van der Waals surface area contributed by atoms with Crippen molar-refractivity contribution in [2.75, 3.05) is 6.54 Å². The van der Waals surface area contributed by atoms with Crippen molar-refractivity contribution in [2.24, 2.45) is 0 Å². The number of carbonyl (C=O) groups is 1. The normalized spacial score (nSPS) is 16.8. The van der Waals surface area contributed by atoms with E-state index < -0.39 is 0 Å². The molecule has 0 radical (unpaired) electrons. The van der Waals surface area contributed by atoms with E-state index in [4.69, 9.17) is 16.0 Å². The van der Waals surface area contributed by atoms with Crippen molar-refractivity contribution in [1.82, 2.24) is 15.2 Å². The van der Waals surface area contributed by atoms with Gasteiger partial charge < -0.3 is 9.73 Å². The van der Waals surface area contributed by atoms with Crippen LogP contribution in [0.3, 0.4) is 0 Å². The number of likely N-dealkylation sites (tertiary alicyclic amines) is 1. The molecule has 1 amide bonds. The average Bonchev–Trinajstić information content (AvgIpc) is 3.28. The van der Waals surface area contributed by atoms with Gasteiger partial charge in [0, 0.05) is 42.6 Å². The molecule has 1 fully saturated rings. The molecular weight excluding hydrogens is 422 g/mol. The lowest BCUT2D eigenvalue weighted by molar-refractivity contribution is -0.121. The van der Waals surface area contributed by atoms with Crippen molar-refractivity contribution >= 4 is 17.5 Å². The van der Waals surface area contributed by atoms with E-state index in [1.54, 1.807) is 6.20 Å². The van der Waals surface area contributed by atoms with Gasteiger partial charge in [0.25, 0.3) is 0 Å². The van der Waals surface area contributed by atoms with Crippen molar-refractivity contribution < 1.29 is 9.21 Å². The van der Waals surface area contributed by atoms with Crippen LogP contribution < -0.4 is 5.32 Å². The standard InChI is InChI=1S/C26H30ClN3O2/c1-19-4-2-3-15-30(19)18-21-7-5-20(6-8-21)16-28-25(31)13-14-26-29-17-24(32-26)22-9-11-23(27)12-10-22/h5-12,17,19H,2-4,13-16,18H2,1H3,(H,28,31). The van der Waals surface area contributed by atoms with Crippen molar-refractivity contribution in [3.63, 3.8) is 0 Å². The molecule has 1 aromatic heterocycles. The Labute approximate surface area is 194 Å². The van der Waals surface area contributed by atoms with Gasteiger partial charge in [-0.1, -0.05) is 42.3 Å². The van der Waals surface area contributed by atoms with Crippen molar-refractivity contribution in [3.05, 3.63) is 76.8 Å². The molecule has 1 unspecified atom stereocenters. The van der Waals surface area contributed by atoms with E-state index in [9.17, 15) is 4.79 Å². The lowest BCUT2D eigenvalue weighted by Gasteiger charge is -2.33. The number of oxazole rings is 1. The summed E-state index contributed by atoms with van der Waals surface area (Å²) >= 11 is 5.92. The summed E-state index contributed by atoms with van der Waals surface area (Å²) in [5.41, 5.74) is 3.35. The van der Waals surface area contributed by atoms with Crippen LogP contribution in [-0.4, -0.2) is 28.4 Å². The van der Waals surface area contributed by atoms with Crippen LogP contribution in [0.5, 0.6) is 0 Å². The first kappa shape index (κ1) is 22.6. The molecule has 3 aromatic rings. The van der Waals surface area contributed by atoms with E-state index in [2.05, 4.69) is 46.4 Å². The molecule has 0 saturated carbocycles. The first-order valence-electron chi connectivity index (χ1n) is 11.4. The summed E-state index contributed by atoms with van der Waals surface area (Å²) in [6.07, 6.45) is 6.42. The summed E-state index contributed by atoms with van der Waals surface area (Å²) in [6, 6.07) is 16.6. The second-order valence-electron chi connectivity index (χ2n) is 8.53. The van der Waals surface area contributed by atoms with Gasteiger partial charge in [-0.05, 0) is 61.7 Å². The van der Waals surface area contributed by atoms with Crippen LogP contribution in [0.1, 0.15) is 49.6 Å². The Hall–Kier alpha value is -2.63. The Morgan fingerprint density at radius 3 is 2.62 bits per heavy atom. The Kier molecular flexibility index (Phi) is 7.61. The number of benzene rings is 2. The highest BCUT2D eigenvalue weighted by Gasteiger charge is 2.18. The van der Waals surface area contributed by atoms with Crippen molar-refractivity contribution in [2.45, 2.75) is 58.2 Å². The van der Waals surface area contributed by atoms with Crippen LogP contribution in [0.15, 0.2) is 59.1 Å². The monoisotopic (exact) mass is 451 g/mol. The zero-order valence-corrected chi connectivity index (χ0v) is 19.3. The van der Waals surface area contributed by atoms with Gasteiger partial charge >= 0.3 is 0 Å². The molecule has 2 aromatic carbocycles. The summed E-state index contributed by atoms with van der Waals surface area (Å²) < 4.78 is 5.77. The van der Waals surface area contributed by atoms with Gasteiger partial charge in [-0.2, -0.15) is 0 Å². The highest BCUT2D eigenvalue weighted by molar-refractivity contribution is 6.30. The fourth-order valence-corrected chi connectivity index (χ4v) is 4.20. The highest BCUT2D eigenvalue weighted by atomic mass is 35.5. The number of hydrogen-bond donors (Lipinski definition) is 1. The molecule has 6 heteroatoms. The van der Waals surface area contributed by atoms with Crippen LogP contribution >= 0.6 is 11.6 Å². The fraction of sp³-hybridized carbons (Fsp3) is 0.385. The molecule has 1 N–H and O–H groups in total. The molecular formula is C26H30ClN3O2. The van der Waals surface area contributed by atoms with Gasteiger partial charge in [0.1, 0.15) is 0 Å². The highest BCUT2D eigenvalue weighted by Crippen LogP contribution is 2.23. The van der Waals surface area contributed by atoms with Gasteiger partial charge in [0.15, 0.2) is 11.7 Å². The second kappa shape index (κ2) is 10.8. The lowest BCUT2D eigenvalue weighted by Crippen LogP contribution is -2.36. The number of aryl methyl sites for hydroxylation is 1. The summed E-state index contributed by atoms with van der Waals surface area (Å²) in [7, 11) is 0. The molecule has 1 aliphatic heterocycles. The maximum absolute atomic E-state index is 12.3.